The fourth-order valence-corrected chi connectivity index (χ4v) is 3.20. The first-order valence-corrected chi connectivity index (χ1v) is 7.10. The van der Waals surface area contributed by atoms with Crippen molar-refractivity contribution < 1.29 is 5.11 Å². The zero-order valence-electron chi connectivity index (χ0n) is 9.86. The van der Waals surface area contributed by atoms with Crippen LogP contribution >= 0.6 is 11.3 Å². The normalized spacial score (nSPS) is 21.1. The lowest BCUT2D eigenvalue weighted by Crippen LogP contribution is -2.33. The highest BCUT2D eigenvalue weighted by molar-refractivity contribution is 7.10. The van der Waals surface area contributed by atoms with Gasteiger partial charge in [0.25, 0.3) is 0 Å². The molecule has 0 saturated heterocycles. The first-order valence-electron chi connectivity index (χ1n) is 6.22. The van der Waals surface area contributed by atoms with Crippen LogP contribution in [0.25, 0.3) is 0 Å². The number of rotatable bonds is 5. The number of aliphatic hydroxyl groups excluding tert-OH is 1. The van der Waals surface area contributed by atoms with Crippen molar-refractivity contribution in [1.29, 1.82) is 0 Å². The van der Waals surface area contributed by atoms with Crippen molar-refractivity contribution in [3.8, 4) is 0 Å². The summed E-state index contributed by atoms with van der Waals surface area (Å²) in [5, 5.41) is 15.6. The van der Waals surface area contributed by atoms with Gasteiger partial charge in [0.1, 0.15) is 0 Å². The fourth-order valence-electron chi connectivity index (χ4n) is 2.44. The van der Waals surface area contributed by atoms with Gasteiger partial charge < -0.3 is 10.4 Å². The number of hydrogen-bond acceptors (Lipinski definition) is 3. The molecule has 0 amide bonds. The number of thiophene rings is 1. The van der Waals surface area contributed by atoms with Gasteiger partial charge in [-0.1, -0.05) is 18.9 Å². The van der Waals surface area contributed by atoms with Crippen LogP contribution in [0.5, 0.6) is 0 Å². The van der Waals surface area contributed by atoms with Crippen LogP contribution in [-0.2, 0) is 0 Å². The second-order valence-corrected chi connectivity index (χ2v) is 5.74. The second kappa shape index (κ2) is 5.80. The minimum absolute atomic E-state index is 0.162. The van der Waals surface area contributed by atoms with Gasteiger partial charge in [-0.05, 0) is 37.1 Å². The molecule has 2 nitrogen and oxygen atoms in total. The maximum Gasteiger partial charge on any atom is 0.0692 e. The first-order chi connectivity index (χ1) is 7.77. The summed E-state index contributed by atoms with van der Waals surface area (Å²) in [5.41, 5.74) is 0. The molecule has 1 aromatic rings. The highest BCUT2D eigenvalue weighted by atomic mass is 32.1. The maximum atomic E-state index is 10.0. The molecule has 16 heavy (non-hydrogen) atoms. The van der Waals surface area contributed by atoms with Crippen molar-refractivity contribution in [2.45, 2.75) is 44.8 Å². The SMILES string of the molecule is CC(NCC(O)C1CCCC1)c1cccs1. The van der Waals surface area contributed by atoms with E-state index >= 15 is 0 Å². The van der Waals surface area contributed by atoms with Crippen LogP contribution in [0.2, 0.25) is 0 Å². The molecule has 0 aliphatic heterocycles. The summed E-state index contributed by atoms with van der Waals surface area (Å²) in [4.78, 5) is 1.35. The third-order valence-corrected chi connectivity index (χ3v) is 4.60. The molecule has 2 rings (SSSR count). The van der Waals surface area contributed by atoms with Gasteiger partial charge >= 0.3 is 0 Å². The molecule has 1 aliphatic rings. The van der Waals surface area contributed by atoms with E-state index in [-0.39, 0.29) is 6.10 Å². The molecular formula is C13H21NOS. The van der Waals surface area contributed by atoms with Crippen molar-refractivity contribution in [3.05, 3.63) is 22.4 Å². The fraction of sp³-hybridized carbons (Fsp3) is 0.692. The molecule has 1 heterocycles. The minimum atomic E-state index is -0.162. The predicted molar refractivity (Wildman–Crippen MR) is 68.7 cm³/mol. The standard InChI is InChI=1S/C13H21NOS/c1-10(13-7-4-8-16-13)14-9-12(15)11-5-2-3-6-11/h4,7-8,10-12,14-15H,2-3,5-6,9H2,1H3. The zero-order valence-corrected chi connectivity index (χ0v) is 10.7. The van der Waals surface area contributed by atoms with Crippen LogP contribution < -0.4 is 5.32 Å². The van der Waals surface area contributed by atoms with Crippen molar-refractivity contribution in [2.24, 2.45) is 5.92 Å². The Morgan fingerprint density at radius 2 is 2.25 bits per heavy atom. The number of hydrogen-bond donors (Lipinski definition) is 2. The highest BCUT2D eigenvalue weighted by Gasteiger charge is 2.23. The monoisotopic (exact) mass is 239 g/mol. The summed E-state index contributed by atoms with van der Waals surface area (Å²) < 4.78 is 0. The predicted octanol–water partition coefficient (Wildman–Crippen LogP) is 2.95. The van der Waals surface area contributed by atoms with Crippen molar-refractivity contribution in [1.82, 2.24) is 5.32 Å². The van der Waals surface area contributed by atoms with E-state index in [0.717, 1.165) is 6.54 Å². The molecule has 3 heteroatoms. The van der Waals surface area contributed by atoms with Crippen LogP contribution in [0.1, 0.15) is 43.5 Å². The molecule has 0 radical (unpaired) electrons. The van der Waals surface area contributed by atoms with Crippen LogP contribution in [0, 0.1) is 5.92 Å². The Hall–Kier alpha value is -0.380. The maximum absolute atomic E-state index is 10.0. The van der Waals surface area contributed by atoms with Gasteiger partial charge in [-0.15, -0.1) is 11.3 Å². The molecule has 1 saturated carbocycles. The molecule has 1 aromatic heterocycles. The molecule has 0 bridgehead atoms. The number of nitrogens with one attached hydrogen (secondary N) is 1. The van der Waals surface area contributed by atoms with Crippen LogP contribution in [0.4, 0.5) is 0 Å². The van der Waals surface area contributed by atoms with Gasteiger partial charge in [0, 0.05) is 17.5 Å². The van der Waals surface area contributed by atoms with E-state index in [2.05, 4.69) is 29.8 Å². The molecule has 1 aliphatic carbocycles. The first kappa shape index (κ1) is 12.1. The van der Waals surface area contributed by atoms with E-state index in [9.17, 15) is 5.11 Å². The Kier molecular flexibility index (Phi) is 4.38. The summed E-state index contributed by atoms with van der Waals surface area (Å²) >= 11 is 1.77. The average Bonchev–Trinajstić information content (AvgIpc) is 2.95. The third-order valence-electron chi connectivity index (χ3n) is 3.55. The quantitative estimate of drug-likeness (QED) is 0.828. The van der Waals surface area contributed by atoms with E-state index in [0.29, 0.717) is 12.0 Å². The van der Waals surface area contributed by atoms with Crippen LogP contribution in [-0.4, -0.2) is 17.8 Å². The van der Waals surface area contributed by atoms with Gasteiger partial charge in [0.05, 0.1) is 6.10 Å². The third kappa shape index (κ3) is 3.06. The average molecular weight is 239 g/mol. The van der Waals surface area contributed by atoms with Crippen molar-refractivity contribution >= 4 is 11.3 Å². The van der Waals surface area contributed by atoms with E-state index in [4.69, 9.17) is 0 Å². The molecular weight excluding hydrogens is 218 g/mol. The summed E-state index contributed by atoms with van der Waals surface area (Å²) in [6.45, 7) is 2.89. The van der Waals surface area contributed by atoms with Crippen molar-refractivity contribution in [2.75, 3.05) is 6.54 Å². The van der Waals surface area contributed by atoms with E-state index in [1.165, 1.54) is 30.6 Å². The molecule has 2 N–H and O–H groups in total. The Labute approximate surface area is 102 Å². The van der Waals surface area contributed by atoms with Crippen LogP contribution in [0.15, 0.2) is 17.5 Å². The Balaban J connectivity index is 1.74. The summed E-state index contributed by atoms with van der Waals surface area (Å²) in [7, 11) is 0. The lowest BCUT2D eigenvalue weighted by molar-refractivity contribution is 0.107. The lowest BCUT2D eigenvalue weighted by Gasteiger charge is -2.20. The summed E-state index contributed by atoms with van der Waals surface area (Å²) in [6, 6.07) is 4.58. The largest absolute Gasteiger partial charge is 0.392 e. The Morgan fingerprint density at radius 3 is 2.88 bits per heavy atom. The van der Waals surface area contributed by atoms with E-state index in [1.807, 2.05) is 0 Å². The highest BCUT2D eigenvalue weighted by Crippen LogP contribution is 2.27. The summed E-state index contributed by atoms with van der Waals surface area (Å²) in [6.07, 6.45) is 4.83. The van der Waals surface area contributed by atoms with Gasteiger partial charge in [0.2, 0.25) is 0 Å². The topological polar surface area (TPSA) is 32.3 Å². The Morgan fingerprint density at radius 1 is 1.50 bits per heavy atom. The zero-order chi connectivity index (χ0) is 11.4. The lowest BCUT2D eigenvalue weighted by atomic mass is 10.0. The minimum Gasteiger partial charge on any atom is -0.392 e. The van der Waals surface area contributed by atoms with Gasteiger partial charge in [0.15, 0.2) is 0 Å². The smallest absolute Gasteiger partial charge is 0.0692 e. The van der Waals surface area contributed by atoms with E-state index in [1.54, 1.807) is 11.3 Å². The molecule has 2 atom stereocenters. The molecule has 90 valence electrons. The second-order valence-electron chi connectivity index (χ2n) is 4.76. The van der Waals surface area contributed by atoms with Gasteiger partial charge in [-0.3, -0.25) is 0 Å². The summed E-state index contributed by atoms with van der Waals surface area (Å²) in [5.74, 6) is 0.531. The van der Waals surface area contributed by atoms with Crippen molar-refractivity contribution in [3.63, 3.8) is 0 Å². The number of aliphatic hydroxyl groups is 1. The molecule has 1 fully saturated rings. The molecule has 0 spiro atoms. The van der Waals surface area contributed by atoms with Crippen LogP contribution in [0.3, 0.4) is 0 Å². The van der Waals surface area contributed by atoms with E-state index < -0.39 is 0 Å². The Bertz CT molecular complexity index is 293. The molecule has 2 unspecified atom stereocenters. The molecule has 0 aromatic carbocycles. The van der Waals surface area contributed by atoms with Gasteiger partial charge in [-0.2, -0.15) is 0 Å². The van der Waals surface area contributed by atoms with Gasteiger partial charge in [-0.25, -0.2) is 0 Å².